The number of aliphatic hydroxyl groups excluding tert-OH is 1. The summed E-state index contributed by atoms with van der Waals surface area (Å²) in [6, 6.07) is 2.29. The molecular weight excluding hydrogens is 452 g/mol. The van der Waals surface area contributed by atoms with Crippen LogP contribution in [0.1, 0.15) is 56.4 Å². The number of piperidine rings is 1. The Bertz CT molecular complexity index is 1200. The van der Waals surface area contributed by atoms with Crippen molar-refractivity contribution < 1.29 is 19.4 Å². The molecule has 4 aliphatic rings. The van der Waals surface area contributed by atoms with Gasteiger partial charge < -0.3 is 14.7 Å². The minimum Gasteiger partial charge on any atom is -0.456 e. The van der Waals surface area contributed by atoms with E-state index in [1.54, 1.807) is 11.8 Å². The highest BCUT2D eigenvalue weighted by Crippen LogP contribution is 2.52. The number of hydrogen-bond acceptors (Lipinski definition) is 10. The second-order valence-electron chi connectivity index (χ2n) is 10.2. The molecule has 12 heteroatoms. The van der Waals surface area contributed by atoms with Crippen molar-refractivity contribution in [3.63, 3.8) is 0 Å². The highest BCUT2D eigenvalue weighted by atomic mass is 16.5. The summed E-state index contributed by atoms with van der Waals surface area (Å²) in [5, 5.41) is 30.6. The largest absolute Gasteiger partial charge is 0.456 e. The first kappa shape index (κ1) is 22.2. The lowest BCUT2D eigenvalue weighted by Gasteiger charge is -2.44. The van der Waals surface area contributed by atoms with E-state index >= 15 is 0 Å². The van der Waals surface area contributed by atoms with E-state index in [2.05, 4.69) is 30.6 Å². The van der Waals surface area contributed by atoms with Crippen molar-refractivity contribution in [2.24, 2.45) is 5.41 Å². The molecule has 6 heterocycles. The maximum atomic E-state index is 13.6. The van der Waals surface area contributed by atoms with Gasteiger partial charge in [0.2, 0.25) is 5.91 Å². The first-order valence-corrected chi connectivity index (χ1v) is 12.1. The quantitative estimate of drug-likeness (QED) is 0.601. The van der Waals surface area contributed by atoms with E-state index in [1.807, 2.05) is 13.0 Å². The monoisotopic (exact) mass is 480 g/mol. The molecular formula is C23H28N8O4. The lowest BCUT2D eigenvalue weighted by atomic mass is 9.73. The third kappa shape index (κ3) is 3.54. The van der Waals surface area contributed by atoms with Gasteiger partial charge in [-0.3, -0.25) is 9.69 Å². The van der Waals surface area contributed by atoms with Crippen LogP contribution in [0, 0.1) is 12.3 Å². The molecule has 1 amide bonds. The van der Waals surface area contributed by atoms with E-state index in [0.717, 1.165) is 43.4 Å². The normalized spacial score (nSPS) is 29.5. The predicted octanol–water partition coefficient (Wildman–Crippen LogP) is 0.470. The molecule has 4 aliphatic heterocycles. The molecule has 2 aromatic rings. The van der Waals surface area contributed by atoms with Crippen molar-refractivity contribution >= 4 is 11.9 Å². The van der Waals surface area contributed by atoms with Gasteiger partial charge in [-0.2, -0.15) is 9.78 Å². The molecule has 1 spiro atoms. The molecule has 0 radical (unpaired) electrons. The smallest absolute Gasteiger partial charge is 0.336 e. The van der Waals surface area contributed by atoms with Gasteiger partial charge in [-0.05, 0) is 68.0 Å². The molecule has 0 aromatic carbocycles. The molecule has 12 nitrogen and oxygen atoms in total. The molecule has 2 unspecified atom stereocenters. The van der Waals surface area contributed by atoms with E-state index in [0.29, 0.717) is 30.2 Å². The minimum absolute atomic E-state index is 0.127. The summed E-state index contributed by atoms with van der Waals surface area (Å²) in [5.74, 6) is 0.318. The molecule has 35 heavy (non-hydrogen) atoms. The van der Waals surface area contributed by atoms with Crippen molar-refractivity contribution in [2.75, 3.05) is 19.7 Å². The van der Waals surface area contributed by atoms with Gasteiger partial charge in [0.05, 0.1) is 22.4 Å². The number of nitrogens with zero attached hydrogens (tertiary/aromatic N) is 8. The Labute approximate surface area is 201 Å². The number of ether oxygens (including phenoxy) is 1. The Hall–Kier alpha value is -3.25. The molecule has 2 aromatic heterocycles. The van der Waals surface area contributed by atoms with E-state index in [4.69, 9.17) is 4.74 Å². The third-order valence-corrected chi connectivity index (χ3v) is 8.21. The Balaban J connectivity index is 1.16. The number of aryl methyl sites for hydroxylation is 1. The van der Waals surface area contributed by atoms with Crippen LogP contribution in [-0.2, 0) is 14.3 Å². The summed E-state index contributed by atoms with van der Waals surface area (Å²) in [6.45, 7) is 4.88. The molecule has 2 bridgehead atoms. The van der Waals surface area contributed by atoms with Gasteiger partial charge in [-0.25, -0.2) is 4.79 Å². The van der Waals surface area contributed by atoms with E-state index in [1.165, 1.54) is 11.0 Å². The van der Waals surface area contributed by atoms with Crippen molar-refractivity contribution in [2.45, 2.75) is 64.1 Å². The zero-order valence-electron chi connectivity index (χ0n) is 19.8. The van der Waals surface area contributed by atoms with Crippen LogP contribution in [0.5, 0.6) is 0 Å². The fourth-order valence-electron chi connectivity index (χ4n) is 6.38. The Morgan fingerprint density at radius 3 is 2.60 bits per heavy atom. The second kappa shape index (κ2) is 8.16. The van der Waals surface area contributed by atoms with Crippen molar-refractivity contribution in [1.29, 1.82) is 0 Å². The van der Waals surface area contributed by atoms with E-state index < -0.39 is 11.5 Å². The number of cyclic esters (lactones) is 1. The van der Waals surface area contributed by atoms with Crippen LogP contribution in [0.2, 0.25) is 0 Å². The van der Waals surface area contributed by atoms with Gasteiger partial charge >= 0.3 is 5.97 Å². The number of tetrazole rings is 1. The van der Waals surface area contributed by atoms with E-state index in [-0.39, 0.29) is 30.6 Å². The van der Waals surface area contributed by atoms with Crippen LogP contribution in [0.15, 0.2) is 23.7 Å². The van der Waals surface area contributed by atoms with Gasteiger partial charge in [0, 0.05) is 25.2 Å². The minimum atomic E-state index is -0.786. The molecule has 1 N–H and O–H groups in total. The Morgan fingerprint density at radius 2 is 1.97 bits per heavy atom. The summed E-state index contributed by atoms with van der Waals surface area (Å²) < 4.78 is 6.58. The lowest BCUT2D eigenvalue weighted by Crippen LogP contribution is -2.51. The maximum absolute atomic E-state index is 13.6. The van der Waals surface area contributed by atoms with Gasteiger partial charge in [0.25, 0.3) is 0 Å². The lowest BCUT2D eigenvalue weighted by molar-refractivity contribution is -0.140. The second-order valence-corrected chi connectivity index (χ2v) is 10.2. The number of carbonyl (C=O) groups excluding carboxylic acids is 2. The summed E-state index contributed by atoms with van der Waals surface area (Å²) in [6.07, 6.45) is 5.04. The predicted molar refractivity (Wildman–Crippen MR) is 120 cm³/mol. The molecule has 184 valence electrons. The van der Waals surface area contributed by atoms with Crippen molar-refractivity contribution in [1.82, 2.24) is 40.2 Å². The van der Waals surface area contributed by atoms with Crippen molar-refractivity contribution in [3.8, 4) is 5.82 Å². The van der Waals surface area contributed by atoms with Gasteiger partial charge in [-0.1, -0.05) is 0 Å². The van der Waals surface area contributed by atoms with Gasteiger partial charge in [0.15, 0.2) is 5.82 Å². The Morgan fingerprint density at radius 1 is 1.20 bits per heavy atom. The standard InChI is InChI=1S/C23H28N8O4/c1-13-7-17(25-26-20(13)31-12-24-27-28-31)19(32)10-30-15-3-4-16(30)9-23(8-15)5-6-29(22(23)34)18-11-35-21(33)14(18)2/h7,12,15-16,19,32H,3-6,8-11H2,1-2H3/t15?,16?,19-,23?/m1/s1. The fourth-order valence-corrected chi connectivity index (χ4v) is 6.38. The van der Waals surface area contributed by atoms with Crippen LogP contribution in [0.4, 0.5) is 0 Å². The average molecular weight is 481 g/mol. The first-order chi connectivity index (χ1) is 16.9. The van der Waals surface area contributed by atoms with Crippen molar-refractivity contribution in [3.05, 3.63) is 34.9 Å². The van der Waals surface area contributed by atoms with Crippen LogP contribution in [-0.4, -0.2) is 89.0 Å². The van der Waals surface area contributed by atoms with Crippen LogP contribution >= 0.6 is 0 Å². The van der Waals surface area contributed by atoms with Gasteiger partial charge in [0.1, 0.15) is 19.0 Å². The van der Waals surface area contributed by atoms with Crippen LogP contribution in [0.3, 0.4) is 0 Å². The highest BCUT2D eigenvalue weighted by Gasteiger charge is 2.56. The maximum Gasteiger partial charge on any atom is 0.336 e. The number of carbonyl (C=O) groups is 2. The highest BCUT2D eigenvalue weighted by molar-refractivity contribution is 5.94. The average Bonchev–Trinajstić information content (AvgIpc) is 3.60. The topological polar surface area (TPSA) is 139 Å². The first-order valence-electron chi connectivity index (χ1n) is 12.1. The van der Waals surface area contributed by atoms with Crippen LogP contribution in [0.25, 0.3) is 5.82 Å². The number of fused-ring (bicyclic) bond motifs is 2. The number of aromatic nitrogens is 6. The number of likely N-dealkylation sites (tertiary alicyclic amines) is 1. The third-order valence-electron chi connectivity index (χ3n) is 8.21. The molecule has 3 atom stereocenters. The molecule has 6 rings (SSSR count). The SMILES string of the molecule is CC1=C(N2CCC3(CC4CCC(C3)N4C[C@@H](O)c3cc(C)c(-n4cnnn4)nn3)C2=O)COC1=O. The fraction of sp³-hybridized carbons (Fsp3) is 0.609. The Kier molecular flexibility index (Phi) is 5.18. The van der Waals surface area contributed by atoms with E-state index in [9.17, 15) is 14.7 Å². The number of esters is 1. The summed E-state index contributed by atoms with van der Waals surface area (Å²) in [4.78, 5) is 29.5. The summed E-state index contributed by atoms with van der Waals surface area (Å²) >= 11 is 0. The summed E-state index contributed by atoms with van der Waals surface area (Å²) in [7, 11) is 0. The van der Waals surface area contributed by atoms with Crippen LogP contribution < -0.4 is 0 Å². The number of aliphatic hydroxyl groups is 1. The number of amides is 1. The molecule has 3 fully saturated rings. The number of hydrogen-bond donors (Lipinski definition) is 1. The number of rotatable bonds is 5. The van der Waals surface area contributed by atoms with Gasteiger partial charge in [-0.15, -0.1) is 10.2 Å². The summed E-state index contributed by atoms with van der Waals surface area (Å²) in [5.41, 5.74) is 2.20. The zero-order chi connectivity index (χ0) is 24.3. The molecule has 0 saturated carbocycles. The zero-order valence-corrected chi connectivity index (χ0v) is 19.8. The molecule has 3 saturated heterocycles. The molecule has 0 aliphatic carbocycles.